The first-order chi connectivity index (χ1) is 18.3. The van der Waals surface area contributed by atoms with Crippen molar-refractivity contribution < 1.29 is 23.2 Å². The fourth-order valence-electron chi connectivity index (χ4n) is 5.17. The first-order valence-corrected chi connectivity index (χ1v) is 13.2. The number of H-pyrrole nitrogens is 1. The molecule has 1 saturated carbocycles. The largest absolute Gasteiger partial charge is 0.379 e. The Kier molecular flexibility index (Phi) is 7.92. The van der Waals surface area contributed by atoms with E-state index in [1.807, 2.05) is 0 Å². The number of carbonyl (C=O) groups excluding carboxylic acids is 2. The standard InChI is InChI=1S/C27H31ClFN5O4/c1-34-11-9-27(10-12-34)15-19(27)26(36)30-21(16-37-13-2-3-22(35)20-8-14-38-33-20)23-24(28)32-25(31-23)17-4-6-18(29)7-5-17/h4-8,14,19,21H,2-3,9-13,15-16H2,1H3,(H,30,36)(H,31,32)/t19-,21+/m1/s1. The molecule has 1 amide bonds. The quantitative estimate of drug-likeness (QED) is 0.272. The van der Waals surface area contributed by atoms with Gasteiger partial charge in [-0.1, -0.05) is 16.8 Å². The van der Waals surface area contributed by atoms with E-state index in [-0.39, 0.29) is 47.0 Å². The Hall–Kier alpha value is -3.08. The molecule has 11 heteroatoms. The van der Waals surface area contributed by atoms with E-state index in [0.29, 0.717) is 35.8 Å². The number of amides is 1. The lowest BCUT2D eigenvalue weighted by Gasteiger charge is -2.30. The van der Waals surface area contributed by atoms with Gasteiger partial charge in [-0.2, -0.15) is 0 Å². The van der Waals surface area contributed by atoms with Crippen LogP contribution in [0.15, 0.2) is 41.1 Å². The number of nitrogens with one attached hydrogen (secondary N) is 2. The number of hydrogen-bond acceptors (Lipinski definition) is 7. The highest BCUT2D eigenvalue weighted by molar-refractivity contribution is 6.30. The van der Waals surface area contributed by atoms with Crippen LogP contribution in [0.5, 0.6) is 0 Å². The smallest absolute Gasteiger partial charge is 0.224 e. The van der Waals surface area contributed by atoms with Crippen molar-refractivity contribution in [1.29, 1.82) is 0 Å². The number of piperidine rings is 1. The molecule has 5 rings (SSSR count). The molecule has 0 unspecified atom stereocenters. The van der Waals surface area contributed by atoms with Gasteiger partial charge in [0.15, 0.2) is 10.9 Å². The van der Waals surface area contributed by atoms with E-state index in [9.17, 15) is 14.0 Å². The number of halogens is 2. The molecule has 0 bridgehead atoms. The molecule has 1 aromatic carbocycles. The van der Waals surface area contributed by atoms with Crippen molar-refractivity contribution >= 4 is 23.3 Å². The summed E-state index contributed by atoms with van der Waals surface area (Å²) in [6, 6.07) is 6.89. The maximum absolute atomic E-state index is 13.4. The number of ether oxygens (including phenoxy) is 1. The summed E-state index contributed by atoms with van der Waals surface area (Å²) in [6.07, 6.45) is 5.04. The molecule has 1 spiro atoms. The van der Waals surface area contributed by atoms with Crippen LogP contribution in [-0.2, 0) is 9.53 Å². The van der Waals surface area contributed by atoms with E-state index in [2.05, 4.69) is 32.4 Å². The number of imidazole rings is 1. The van der Waals surface area contributed by atoms with Gasteiger partial charge in [-0.05, 0) is 75.5 Å². The van der Waals surface area contributed by atoms with Crippen LogP contribution in [0, 0.1) is 17.2 Å². The van der Waals surface area contributed by atoms with Crippen LogP contribution in [0.3, 0.4) is 0 Å². The van der Waals surface area contributed by atoms with Gasteiger partial charge in [-0.3, -0.25) is 9.59 Å². The maximum atomic E-state index is 13.4. The average Bonchev–Trinajstić information content (AvgIpc) is 3.22. The fourth-order valence-corrected chi connectivity index (χ4v) is 5.43. The van der Waals surface area contributed by atoms with Gasteiger partial charge in [-0.25, -0.2) is 9.37 Å². The lowest BCUT2D eigenvalue weighted by molar-refractivity contribution is -0.124. The zero-order valence-electron chi connectivity index (χ0n) is 21.2. The average molecular weight is 544 g/mol. The number of likely N-dealkylation sites (tertiary alicyclic amines) is 1. The monoisotopic (exact) mass is 543 g/mol. The SMILES string of the molecule is CN1CCC2(CC1)C[C@@H]2C(=O)N[C@@H](COCCCC(=O)c1ccon1)c1[nH]c(-c2ccc(F)cc2)nc1Cl. The first-order valence-electron chi connectivity index (χ1n) is 12.9. The van der Waals surface area contributed by atoms with Crippen molar-refractivity contribution in [3.63, 3.8) is 0 Å². The third-order valence-corrected chi connectivity index (χ3v) is 7.95. The number of benzene rings is 1. The third kappa shape index (κ3) is 5.98. The zero-order chi connectivity index (χ0) is 26.7. The molecule has 0 radical (unpaired) electrons. The Morgan fingerprint density at radius 1 is 1.29 bits per heavy atom. The summed E-state index contributed by atoms with van der Waals surface area (Å²) in [6.45, 7) is 2.46. The van der Waals surface area contributed by atoms with Gasteiger partial charge in [0.25, 0.3) is 0 Å². The minimum Gasteiger partial charge on any atom is -0.379 e. The number of carbonyl (C=O) groups is 2. The predicted molar refractivity (Wildman–Crippen MR) is 138 cm³/mol. The van der Waals surface area contributed by atoms with Crippen LogP contribution < -0.4 is 5.32 Å². The highest BCUT2D eigenvalue weighted by atomic mass is 35.5. The number of rotatable bonds is 11. The molecule has 202 valence electrons. The topological polar surface area (TPSA) is 113 Å². The Labute approximate surface area is 225 Å². The number of ketones is 1. The van der Waals surface area contributed by atoms with Crippen molar-refractivity contribution in [2.75, 3.05) is 33.4 Å². The Balaban J connectivity index is 1.24. The molecule has 1 saturated heterocycles. The highest BCUT2D eigenvalue weighted by Gasteiger charge is 2.58. The summed E-state index contributed by atoms with van der Waals surface area (Å²) in [7, 11) is 2.11. The zero-order valence-corrected chi connectivity index (χ0v) is 22.0. The van der Waals surface area contributed by atoms with E-state index >= 15 is 0 Å². The molecule has 2 aliphatic rings. The normalized spacial score (nSPS) is 19.4. The van der Waals surface area contributed by atoms with Crippen LogP contribution in [0.2, 0.25) is 5.15 Å². The predicted octanol–water partition coefficient (Wildman–Crippen LogP) is 4.43. The van der Waals surface area contributed by atoms with Crippen molar-refractivity contribution in [2.24, 2.45) is 11.3 Å². The Morgan fingerprint density at radius 2 is 2.05 bits per heavy atom. The van der Waals surface area contributed by atoms with Gasteiger partial charge in [0, 0.05) is 30.6 Å². The molecule has 2 atom stereocenters. The van der Waals surface area contributed by atoms with Crippen LogP contribution in [0.4, 0.5) is 4.39 Å². The van der Waals surface area contributed by atoms with Crippen LogP contribution in [-0.4, -0.2) is 65.1 Å². The van der Waals surface area contributed by atoms with Gasteiger partial charge >= 0.3 is 0 Å². The summed E-state index contributed by atoms with van der Waals surface area (Å²) in [5, 5.41) is 7.00. The summed E-state index contributed by atoms with van der Waals surface area (Å²) in [5.74, 6) is -0.0412. The van der Waals surface area contributed by atoms with Crippen LogP contribution >= 0.6 is 11.6 Å². The third-order valence-electron chi connectivity index (χ3n) is 7.66. The Morgan fingerprint density at radius 3 is 2.76 bits per heavy atom. The molecule has 2 fully saturated rings. The number of aromatic nitrogens is 3. The summed E-state index contributed by atoms with van der Waals surface area (Å²) in [4.78, 5) is 35.3. The Bertz CT molecular complexity index is 1260. The van der Waals surface area contributed by atoms with Crippen molar-refractivity contribution in [3.8, 4) is 11.4 Å². The lowest BCUT2D eigenvalue weighted by Crippen LogP contribution is -2.37. The molecule has 3 aromatic rings. The molecule has 38 heavy (non-hydrogen) atoms. The van der Waals surface area contributed by atoms with Crippen molar-refractivity contribution in [3.05, 3.63) is 59.0 Å². The number of Topliss-reactive ketones (excluding diaryl/α,β-unsaturated/α-hetero) is 1. The van der Waals surface area contributed by atoms with Gasteiger partial charge in [0.1, 0.15) is 23.6 Å². The van der Waals surface area contributed by atoms with E-state index in [1.165, 1.54) is 24.5 Å². The number of nitrogens with zero attached hydrogens (tertiary/aromatic N) is 3. The highest BCUT2D eigenvalue weighted by Crippen LogP contribution is 2.59. The van der Waals surface area contributed by atoms with Crippen molar-refractivity contribution in [2.45, 2.75) is 38.1 Å². The van der Waals surface area contributed by atoms with Gasteiger partial charge in [-0.15, -0.1) is 0 Å². The van der Waals surface area contributed by atoms with E-state index in [1.54, 1.807) is 12.1 Å². The first kappa shape index (κ1) is 26.5. The van der Waals surface area contributed by atoms with E-state index < -0.39 is 6.04 Å². The second kappa shape index (κ2) is 11.3. The van der Waals surface area contributed by atoms with Crippen LogP contribution in [0.1, 0.15) is 54.3 Å². The molecule has 2 N–H and O–H groups in total. The lowest BCUT2D eigenvalue weighted by atomic mass is 9.91. The summed E-state index contributed by atoms with van der Waals surface area (Å²) in [5.41, 5.74) is 1.57. The minimum absolute atomic E-state index is 0.0154. The second-order valence-electron chi connectivity index (χ2n) is 10.3. The summed E-state index contributed by atoms with van der Waals surface area (Å²) >= 11 is 6.51. The second-order valence-corrected chi connectivity index (χ2v) is 10.6. The van der Waals surface area contributed by atoms with E-state index in [4.69, 9.17) is 20.9 Å². The van der Waals surface area contributed by atoms with Gasteiger partial charge < -0.3 is 24.5 Å². The molecular formula is C27H31ClFN5O4. The molecular weight excluding hydrogens is 513 g/mol. The number of aromatic amines is 1. The fraction of sp³-hybridized carbons (Fsp3) is 0.481. The molecule has 1 aliphatic heterocycles. The van der Waals surface area contributed by atoms with Gasteiger partial charge in [0.2, 0.25) is 5.91 Å². The molecule has 9 nitrogen and oxygen atoms in total. The molecule has 1 aliphatic carbocycles. The van der Waals surface area contributed by atoms with Crippen molar-refractivity contribution in [1.82, 2.24) is 25.3 Å². The molecule has 2 aromatic heterocycles. The number of hydrogen-bond donors (Lipinski definition) is 2. The maximum Gasteiger partial charge on any atom is 0.224 e. The summed E-state index contributed by atoms with van der Waals surface area (Å²) < 4.78 is 24.0. The van der Waals surface area contributed by atoms with E-state index in [0.717, 1.165) is 32.4 Å². The van der Waals surface area contributed by atoms with Crippen LogP contribution in [0.25, 0.3) is 11.4 Å². The molecule has 3 heterocycles. The van der Waals surface area contributed by atoms with Gasteiger partial charge in [0.05, 0.1) is 18.3 Å². The minimum atomic E-state index is -0.563.